The van der Waals surface area contributed by atoms with Gasteiger partial charge in [-0.05, 0) is 35.4 Å². The molecule has 0 spiro atoms. The maximum absolute atomic E-state index is 12.2. The Balaban J connectivity index is 1.63. The van der Waals surface area contributed by atoms with Gasteiger partial charge in [-0.25, -0.2) is 0 Å². The molecule has 3 aromatic rings. The number of allylic oxidation sites excluding steroid dienone is 1. The van der Waals surface area contributed by atoms with Crippen LogP contribution in [0.3, 0.4) is 0 Å². The van der Waals surface area contributed by atoms with Crippen LogP contribution in [0, 0.1) is 0 Å². The number of thioether (sulfide) groups is 1. The van der Waals surface area contributed by atoms with Crippen LogP contribution in [0.1, 0.15) is 17.0 Å². The van der Waals surface area contributed by atoms with Gasteiger partial charge in [-0.1, -0.05) is 76.9 Å². The molecule has 0 aliphatic heterocycles. The first-order chi connectivity index (χ1) is 15.0. The first-order valence-electron chi connectivity index (χ1n) is 9.28. The molecule has 31 heavy (non-hydrogen) atoms. The zero-order valence-corrected chi connectivity index (χ0v) is 19.5. The number of nitrogens with one attached hydrogen (secondary N) is 1. The monoisotopic (exact) mass is 492 g/mol. The molecule has 0 radical (unpaired) electrons. The number of aromatic nitrogens is 3. The molecule has 9 heteroatoms. The summed E-state index contributed by atoms with van der Waals surface area (Å²) in [6.45, 7) is 4.54. The molecule has 1 amide bonds. The van der Waals surface area contributed by atoms with Crippen LogP contribution in [-0.2, 0) is 23.6 Å². The fourth-order valence-electron chi connectivity index (χ4n) is 2.65. The van der Waals surface area contributed by atoms with Crippen molar-refractivity contribution in [2.75, 3.05) is 0 Å². The number of benzene rings is 2. The normalized spacial score (nSPS) is 11.1. The van der Waals surface area contributed by atoms with E-state index in [1.807, 2.05) is 28.8 Å². The van der Waals surface area contributed by atoms with E-state index in [1.54, 1.807) is 30.4 Å². The molecule has 1 N–H and O–H groups in total. The summed E-state index contributed by atoms with van der Waals surface area (Å²) in [5.74, 6) is 0.984. The van der Waals surface area contributed by atoms with Crippen molar-refractivity contribution >= 4 is 58.5 Å². The number of rotatable bonds is 9. The minimum Gasteiger partial charge on any atom is -0.345 e. The molecule has 0 bridgehead atoms. The van der Waals surface area contributed by atoms with Gasteiger partial charge in [-0.2, -0.15) is 0 Å². The molecule has 0 fully saturated rings. The van der Waals surface area contributed by atoms with Crippen molar-refractivity contribution in [3.8, 4) is 0 Å². The minimum absolute atomic E-state index is 0.231. The van der Waals surface area contributed by atoms with Crippen LogP contribution in [0.25, 0.3) is 6.08 Å². The Morgan fingerprint density at radius 1 is 1.13 bits per heavy atom. The zero-order valence-electron chi connectivity index (χ0n) is 16.4. The number of halogens is 3. The van der Waals surface area contributed by atoms with Gasteiger partial charge < -0.3 is 9.88 Å². The van der Waals surface area contributed by atoms with Crippen LogP contribution in [0.2, 0.25) is 15.1 Å². The molecule has 0 saturated heterocycles. The lowest BCUT2D eigenvalue weighted by atomic mass is 10.2. The van der Waals surface area contributed by atoms with Gasteiger partial charge >= 0.3 is 0 Å². The molecule has 2 aromatic carbocycles. The van der Waals surface area contributed by atoms with Crippen molar-refractivity contribution in [2.24, 2.45) is 0 Å². The first-order valence-corrected chi connectivity index (χ1v) is 11.4. The first kappa shape index (κ1) is 23.4. The largest absolute Gasteiger partial charge is 0.345 e. The molecule has 0 aliphatic rings. The summed E-state index contributed by atoms with van der Waals surface area (Å²) in [5.41, 5.74) is 1.72. The smallest absolute Gasteiger partial charge is 0.244 e. The highest BCUT2D eigenvalue weighted by molar-refractivity contribution is 7.98. The van der Waals surface area contributed by atoms with Crippen LogP contribution in [0.15, 0.2) is 66.4 Å². The van der Waals surface area contributed by atoms with E-state index in [4.69, 9.17) is 34.8 Å². The van der Waals surface area contributed by atoms with Crippen LogP contribution in [-0.4, -0.2) is 20.7 Å². The second-order valence-corrected chi connectivity index (χ2v) is 8.59. The summed E-state index contributed by atoms with van der Waals surface area (Å²) in [5, 5.41) is 13.8. The molecule has 0 saturated carbocycles. The van der Waals surface area contributed by atoms with E-state index in [2.05, 4.69) is 22.1 Å². The average Bonchev–Trinajstić information content (AvgIpc) is 3.13. The van der Waals surface area contributed by atoms with Gasteiger partial charge in [0.05, 0.1) is 6.54 Å². The Morgan fingerprint density at radius 2 is 1.94 bits per heavy atom. The molecule has 1 heterocycles. The maximum atomic E-state index is 12.2. The van der Waals surface area contributed by atoms with E-state index in [0.29, 0.717) is 38.3 Å². The molecule has 0 atom stereocenters. The molecule has 0 aliphatic carbocycles. The van der Waals surface area contributed by atoms with Crippen molar-refractivity contribution < 1.29 is 4.79 Å². The third-order valence-electron chi connectivity index (χ3n) is 4.22. The molecule has 1 aromatic heterocycles. The summed E-state index contributed by atoms with van der Waals surface area (Å²) >= 11 is 19.8. The summed E-state index contributed by atoms with van der Waals surface area (Å²) in [4.78, 5) is 12.2. The van der Waals surface area contributed by atoms with E-state index in [1.165, 1.54) is 17.8 Å². The second-order valence-electron chi connectivity index (χ2n) is 6.40. The predicted octanol–water partition coefficient (Wildman–Crippen LogP) is 6.05. The molecular weight excluding hydrogens is 475 g/mol. The highest BCUT2D eigenvalue weighted by atomic mass is 35.5. The highest BCUT2D eigenvalue weighted by Gasteiger charge is 2.13. The number of carbonyl (C=O) groups excluding carboxylic acids is 1. The molecule has 5 nitrogen and oxygen atoms in total. The summed E-state index contributed by atoms with van der Waals surface area (Å²) in [6, 6.07) is 12.7. The number of hydrogen-bond donors (Lipinski definition) is 1. The van der Waals surface area contributed by atoms with Crippen LogP contribution in [0.5, 0.6) is 0 Å². The summed E-state index contributed by atoms with van der Waals surface area (Å²) < 4.78 is 1.90. The van der Waals surface area contributed by atoms with E-state index >= 15 is 0 Å². The Morgan fingerprint density at radius 3 is 2.68 bits per heavy atom. The quantitative estimate of drug-likeness (QED) is 0.224. The Hall–Kier alpha value is -2.25. The number of hydrogen-bond acceptors (Lipinski definition) is 4. The molecule has 0 unspecified atom stereocenters. The fraction of sp³-hybridized carbons (Fsp3) is 0.136. The predicted molar refractivity (Wildman–Crippen MR) is 129 cm³/mol. The van der Waals surface area contributed by atoms with Crippen molar-refractivity contribution in [2.45, 2.75) is 24.0 Å². The van der Waals surface area contributed by atoms with Crippen molar-refractivity contribution in [1.82, 2.24) is 20.1 Å². The van der Waals surface area contributed by atoms with Gasteiger partial charge in [-0.3, -0.25) is 4.79 Å². The summed E-state index contributed by atoms with van der Waals surface area (Å²) in [7, 11) is 0. The molecule has 160 valence electrons. The fourth-order valence-corrected chi connectivity index (χ4v) is 4.37. The Kier molecular flexibility index (Phi) is 8.60. The highest BCUT2D eigenvalue weighted by Crippen LogP contribution is 2.28. The topological polar surface area (TPSA) is 59.8 Å². The minimum atomic E-state index is -0.254. The maximum Gasteiger partial charge on any atom is 0.244 e. The lowest BCUT2D eigenvalue weighted by Gasteiger charge is -2.09. The van der Waals surface area contributed by atoms with E-state index < -0.39 is 0 Å². The Labute approximate surface area is 200 Å². The van der Waals surface area contributed by atoms with E-state index in [-0.39, 0.29) is 12.5 Å². The molecule has 3 rings (SSSR count). The zero-order chi connectivity index (χ0) is 22.2. The van der Waals surface area contributed by atoms with E-state index in [9.17, 15) is 4.79 Å². The standard InChI is InChI=1S/C22H19Cl3N4OS/c1-2-11-29-20(13-26-21(30)10-8-15-5-3-4-6-18(15)24)27-28-22(29)31-14-16-7-9-17(23)12-19(16)25/h2-10,12H,1,11,13-14H2,(H,26,30)/b10-8+. The number of amides is 1. The third-order valence-corrected chi connectivity index (χ3v) is 6.16. The van der Waals surface area contributed by atoms with Gasteiger partial charge in [-0.15, -0.1) is 16.8 Å². The van der Waals surface area contributed by atoms with Gasteiger partial charge in [0.2, 0.25) is 5.91 Å². The third kappa shape index (κ3) is 6.61. The van der Waals surface area contributed by atoms with E-state index in [0.717, 1.165) is 11.1 Å². The van der Waals surface area contributed by atoms with Gasteiger partial charge in [0.15, 0.2) is 11.0 Å². The molecular formula is C22H19Cl3N4OS. The lowest BCUT2D eigenvalue weighted by molar-refractivity contribution is -0.116. The van der Waals surface area contributed by atoms with Gasteiger partial charge in [0.25, 0.3) is 0 Å². The second kappa shape index (κ2) is 11.4. The van der Waals surface area contributed by atoms with Crippen LogP contribution < -0.4 is 5.32 Å². The summed E-state index contributed by atoms with van der Waals surface area (Å²) in [6.07, 6.45) is 4.86. The van der Waals surface area contributed by atoms with Crippen molar-refractivity contribution in [1.29, 1.82) is 0 Å². The lowest BCUT2D eigenvalue weighted by Crippen LogP contribution is -2.22. The van der Waals surface area contributed by atoms with Gasteiger partial charge in [0, 0.05) is 33.4 Å². The van der Waals surface area contributed by atoms with Gasteiger partial charge in [0.1, 0.15) is 0 Å². The van der Waals surface area contributed by atoms with Crippen LogP contribution >= 0.6 is 46.6 Å². The number of nitrogens with zero attached hydrogens (tertiary/aromatic N) is 3. The SMILES string of the molecule is C=CCn1c(CNC(=O)/C=C/c2ccccc2Cl)nnc1SCc1ccc(Cl)cc1Cl. The number of carbonyl (C=O) groups is 1. The van der Waals surface area contributed by atoms with Crippen LogP contribution in [0.4, 0.5) is 0 Å². The average molecular weight is 494 g/mol. The van der Waals surface area contributed by atoms with Crippen molar-refractivity contribution in [3.63, 3.8) is 0 Å². The van der Waals surface area contributed by atoms with Crippen molar-refractivity contribution in [3.05, 3.63) is 93.2 Å². The Bertz CT molecular complexity index is 1110.